The number of ether oxygens (including phenoxy) is 1. The van der Waals surface area contributed by atoms with Crippen molar-refractivity contribution < 1.29 is 14.3 Å². The van der Waals surface area contributed by atoms with Crippen LogP contribution in [-0.2, 0) is 26.5 Å². The third-order valence-corrected chi connectivity index (χ3v) is 6.19. The van der Waals surface area contributed by atoms with E-state index in [9.17, 15) is 9.59 Å². The second-order valence-electron chi connectivity index (χ2n) is 8.18. The van der Waals surface area contributed by atoms with Crippen LogP contribution in [0.2, 0.25) is 0 Å². The van der Waals surface area contributed by atoms with Crippen molar-refractivity contribution in [1.29, 1.82) is 0 Å². The van der Waals surface area contributed by atoms with E-state index in [-0.39, 0.29) is 23.8 Å². The standard InChI is InChI=1S/C24H28N2O3/c1-18(27)26-14-8-11-20-15-24(25-23(28)22(20)26,21-12-6-3-7-13-21)17-29-16-19-9-4-2-5-10-19/h2-7,9-10,12-13,20,22H,8,11,14-17H2,1H3,(H,25,28)/t20-,22-,24-/m1/s1. The molecule has 2 aliphatic rings. The van der Waals surface area contributed by atoms with Gasteiger partial charge < -0.3 is 15.0 Å². The zero-order valence-corrected chi connectivity index (χ0v) is 16.8. The Morgan fingerprint density at radius 2 is 1.83 bits per heavy atom. The van der Waals surface area contributed by atoms with Gasteiger partial charge in [-0.2, -0.15) is 0 Å². The van der Waals surface area contributed by atoms with Crippen molar-refractivity contribution in [2.24, 2.45) is 5.92 Å². The zero-order valence-electron chi connectivity index (χ0n) is 16.8. The molecule has 2 fully saturated rings. The number of nitrogens with one attached hydrogen (secondary N) is 1. The van der Waals surface area contributed by atoms with E-state index in [1.165, 1.54) is 0 Å². The van der Waals surface area contributed by atoms with E-state index in [1.807, 2.05) is 48.5 Å². The summed E-state index contributed by atoms with van der Waals surface area (Å²) in [6.45, 7) is 3.12. The molecule has 2 heterocycles. The fourth-order valence-electron chi connectivity index (χ4n) is 4.85. The van der Waals surface area contributed by atoms with Crippen LogP contribution < -0.4 is 5.32 Å². The van der Waals surface area contributed by atoms with Gasteiger partial charge in [0.25, 0.3) is 0 Å². The first-order chi connectivity index (χ1) is 14.1. The number of nitrogens with zero attached hydrogens (tertiary/aromatic N) is 1. The normalized spacial score (nSPS) is 26.5. The number of likely N-dealkylation sites (tertiary alicyclic amines) is 1. The predicted molar refractivity (Wildman–Crippen MR) is 111 cm³/mol. The van der Waals surface area contributed by atoms with Crippen molar-refractivity contribution >= 4 is 11.8 Å². The zero-order chi connectivity index (χ0) is 20.3. The molecule has 0 aliphatic carbocycles. The van der Waals surface area contributed by atoms with Gasteiger partial charge in [0.15, 0.2) is 0 Å². The number of fused-ring (bicyclic) bond motifs is 1. The second kappa shape index (κ2) is 8.37. The minimum Gasteiger partial charge on any atom is -0.374 e. The van der Waals surface area contributed by atoms with Crippen LogP contribution in [0.5, 0.6) is 0 Å². The highest BCUT2D eigenvalue weighted by Crippen LogP contribution is 2.40. The molecule has 0 spiro atoms. The molecule has 0 unspecified atom stereocenters. The molecule has 2 saturated heterocycles. The van der Waals surface area contributed by atoms with Crippen LogP contribution in [0.15, 0.2) is 60.7 Å². The maximum atomic E-state index is 13.2. The fraction of sp³-hybridized carbons (Fsp3) is 0.417. The Morgan fingerprint density at radius 3 is 2.52 bits per heavy atom. The minimum atomic E-state index is -0.575. The van der Waals surface area contributed by atoms with E-state index in [1.54, 1.807) is 11.8 Å². The molecule has 0 radical (unpaired) electrons. The molecule has 2 amide bonds. The van der Waals surface area contributed by atoms with Gasteiger partial charge in [0.05, 0.1) is 18.8 Å². The summed E-state index contributed by atoms with van der Waals surface area (Å²) in [5, 5.41) is 3.26. The average molecular weight is 392 g/mol. The van der Waals surface area contributed by atoms with Crippen LogP contribution in [0.25, 0.3) is 0 Å². The fourth-order valence-corrected chi connectivity index (χ4v) is 4.85. The van der Waals surface area contributed by atoms with Crippen molar-refractivity contribution in [2.75, 3.05) is 13.2 Å². The predicted octanol–water partition coefficient (Wildman–Crippen LogP) is 3.25. The largest absolute Gasteiger partial charge is 0.374 e. The Morgan fingerprint density at radius 1 is 1.14 bits per heavy atom. The quantitative estimate of drug-likeness (QED) is 0.850. The summed E-state index contributed by atoms with van der Waals surface area (Å²) in [7, 11) is 0. The number of hydrogen-bond acceptors (Lipinski definition) is 3. The number of amides is 2. The molecule has 5 heteroatoms. The van der Waals surface area contributed by atoms with E-state index < -0.39 is 5.54 Å². The van der Waals surface area contributed by atoms with Gasteiger partial charge in [0.1, 0.15) is 6.04 Å². The summed E-state index contributed by atoms with van der Waals surface area (Å²) >= 11 is 0. The Kier molecular flexibility index (Phi) is 5.67. The topological polar surface area (TPSA) is 58.6 Å². The molecule has 3 atom stereocenters. The van der Waals surface area contributed by atoms with Crippen LogP contribution in [0.3, 0.4) is 0 Å². The summed E-state index contributed by atoms with van der Waals surface area (Å²) in [4.78, 5) is 27.0. The molecule has 0 saturated carbocycles. The third kappa shape index (κ3) is 4.06. The molecule has 0 aromatic heterocycles. The summed E-state index contributed by atoms with van der Waals surface area (Å²) in [6.07, 6.45) is 2.66. The monoisotopic (exact) mass is 392 g/mol. The molecule has 152 valence electrons. The highest BCUT2D eigenvalue weighted by Gasteiger charge is 2.50. The van der Waals surface area contributed by atoms with Crippen molar-refractivity contribution in [3.05, 3.63) is 71.8 Å². The van der Waals surface area contributed by atoms with E-state index in [4.69, 9.17) is 4.74 Å². The first kappa shape index (κ1) is 19.6. The number of carbonyl (C=O) groups is 2. The third-order valence-electron chi connectivity index (χ3n) is 6.19. The average Bonchev–Trinajstić information content (AvgIpc) is 2.74. The lowest BCUT2D eigenvalue weighted by molar-refractivity contribution is -0.150. The lowest BCUT2D eigenvalue weighted by atomic mass is 9.72. The Bertz CT molecular complexity index is 855. The van der Waals surface area contributed by atoms with Gasteiger partial charge >= 0.3 is 0 Å². The second-order valence-corrected chi connectivity index (χ2v) is 8.18. The molecule has 1 N–H and O–H groups in total. The first-order valence-corrected chi connectivity index (χ1v) is 10.4. The number of hydrogen-bond donors (Lipinski definition) is 1. The summed E-state index contributed by atoms with van der Waals surface area (Å²) < 4.78 is 6.12. The van der Waals surface area contributed by atoms with Crippen LogP contribution in [0, 0.1) is 5.92 Å². The van der Waals surface area contributed by atoms with E-state index >= 15 is 0 Å². The van der Waals surface area contributed by atoms with E-state index in [0.29, 0.717) is 19.8 Å². The SMILES string of the molecule is CC(=O)N1CCC[C@@H]2C[C@@](COCc3ccccc3)(c3ccccc3)NC(=O)[C@@H]21. The highest BCUT2D eigenvalue weighted by molar-refractivity contribution is 5.89. The lowest BCUT2D eigenvalue weighted by Gasteiger charge is -2.50. The maximum absolute atomic E-state index is 13.2. The van der Waals surface area contributed by atoms with Crippen molar-refractivity contribution in [3.8, 4) is 0 Å². The lowest BCUT2D eigenvalue weighted by Crippen LogP contribution is -2.66. The Labute approximate surface area is 172 Å². The molecule has 5 nitrogen and oxygen atoms in total. The van der Waals surface area contributed by atoms with Crippen LogP contribution >= 0.6 is 0 Å². The number of carbonyl (C=O) groups excluding carboxylic acids is 2. The number of rotatable bonds is 5. The van der Waals surface area contributed by atoms with Gasteiger partial charge in [0, 0.05) is 13.5 Å². The van der Waals surface area contributed by atoms with Crippen molar-refractivity contribution in [2.45, 2.75) is 44.4 Å². The highest BCUT2D eigenvalue weighted by atomic mass is 16.5. The molecule has 0 bridgehead atoms. The number of piperidine rings is 2. The van der Waals surface area contributed by atoms with Crippen LogP contribution in [0.1, 0.15) is 37.3 Å². The van der Waals surface area contributed by atoms with Crippen molar-refractivity contribution in [1.82, 2.24) is 10.2 Å². The van der Waals surface area contributed by atoms with Gasteiger partial charge in [-0.3, -0.25) is 9.59 Å². The molecule has 29 heavy (non-hydrogen) atoms. The van der Waals surface area contributed by atoms with Gasteiger partial charge in [-0.15, -0.1) is 0 Å². The Balaban J connectivity index is 1.58. The minimum absolute atomic E-state index is 0.0256. The molecule has 2 aromatic carbocycles. The molecular weight excluding hydrogens is 364 g/mol. The van der Waals surface area contributed by atoms with E-state index in [0.717, 1.165) is 30.4 Å². The van der Waals surface area contributed by atoms with Gasteiger partial charge in [-0.1, -0.05) is 60.7 Å². The first-order valence-electron chi connectivity index (χ1n) is 10.4. The summed E-state index contributed by atoms with van der Waals surface area (Å²) in [5.41, 5.74) is 1.59. The van der Waals surface area contributed by atoms with Crippen molar-refractivity contribution in [3.63, 3.8) is 0 Å². The molecular formula is C24H28N2O3. The van der Waals surface area contributed by atoms with Crippen LogP contribution in [-0.4, -0.2) is 35.9 Å². The van der Waals surface area contributed by atoms with Gasteiger partial charge in [-0.05, 0) is 36.3 Å². The number of benzene rings is 2. The Hall–Kier alpha value is -2.66. The molecule has 4 rings (SSSR count). The summed E-state index contributed by atoms with van der Waals surface area (Å²) in [6, 6.07) is 19.8. The molecule has 2 aliphatic heterocycles. The maximum Gasteiger partial charge on any atom is 0.243 e. The molecule has 2 aromatic rings. The van der Waals surface area contributed by atoms with E-state index in [2.05, 4.69) is 17.4 Å². The van der Waals surface area contributed by atoms with Crippen LogP contribution in [0.4, 0.5) is 0 Å². The van der Waals surface area contributed by atoms with Gasteiger partial charge in [-0.25, -0.2) is 0 Å². The summed E-state index contributed by atoms with van der Waals surface area (Å²) in [5.74, 6) is 0.0487. The van der Waals surface area contributed by atoms with Gasteiger partial charge in [0.2, 0.25) is 11.8 Å². The smallest absolute Gasteiger partial charge is 0.243 e.